The monoisotopic (exact) mass is 198 g/mol. The Bertz CT molecular complexity index is 254. The van der Waals surface area contributed by atoms with Gasteiger partial charge < -0.3 is 17.2 Å². The Morgan fingerprint density at radius 1 is 1.36 bits per heavy atom. The third-order valence-corrected chi connectivity index (χ3v) is 1.97. The van der Waals surface area contributed by atoms with Crippen LogP contribution in [0.15, 0.2) is 16.8 Å². The molecule has 0 bridgehead atoms. The molecule has 0 aromatic heterocycles. The summed E-state index contributed by atoms with van der Waals surface area (Å²) in [4.78, 5) is 15.0. The molecule has 0 saturated carbocycles. The van der Waals surface area contributed by atoms with Crippen LogP contribution in [0.25, 0.3) is 0 Å². The topological polar surface area (TPSA) is 107 Å². The molecule has 80 valence electrons. The number of hydrogen-bond acceptors (Lipinski definition) is 3. The van der Waals surface area contributed by atoms with Crippen LogP contribution < -0.4 is 17.2 Å². The summed E-state index contributed by atoms with van der Waals surface area (Å²) in [7, 11) is 0. The smallest absolute Gasteiger partial charge is 0.253 e. The quantitative estimate of drug-likeness (QED) is 0.325. The van der Waals surface area contributed by atoms with Crippen molar-refractivity contribution in [2.75, 3.05) is 0 Å². The average molecular weight is 198 g/mol. The largest absolute Gasteiger partial charge is 0.404 e. The Balaban J connectivity index is 4.73. The predicted molar refractivity (Wildman–Crippen MR) is 57.5 cm³/mol. The highest BCUT2D eigenvalue weighted by Crippen LogP contribution is 2.04. The van der Waals surface area contributed by atoms with E-state index in [0.717, 1.165) is 19.0 Å². The van der Waals surface area contributed by atoms with E-state index in [4.69, 9.17) is 17.2 Å². The molecular weight excluding hydrogens is 180 g/mol. The second kappa shape index (κ2) is 6.01. The van der Waals surface area contributed by atoms with Gasteiger partial charge in [-0.2, -0.15) is 0 Å². The van der Waals surface area contributed by atoms with Gasteiger partial charge in [0.25, 0.3) is 5.91 Å². The summed E-state index contributed by atoms with van der Waals surface area (Å²) < 4.78 is 0. The Kier molecular flexibility index (Phi) is 5.36. The number of nitrogens with two attached hydrogens (primary N) is 3. The summed E-state index contributed by atoms with van der Waals surface area (Å²) in [5.41, 5.74) is 15.9. The van der Waals surface area contributed by atoms with Crippen molar-refractivity contribution in [2.45, 2.75) is 32.7 Å². The fourth-order valence-electron chi connectivity index (χ4n) is 1.03. The summed E-state index contributed by atoms with van der Waals surface area (Å²) in [6.45, 7) is 4.00. The summed E-state index contributed by atoms with van der Waals surface area (Å²) in [5.74, 6) is -0.534. The molecule has 5 heteroatoms. The van der Waals surface area contributed by atoms with Crippen LogP contribution in [-0.2, 0) is 4.79 Å². The third-order valence-electron chi connectivity index (χ3n) is 1.97. The van der Waals surface area contributed by atoms with Gasteiger partial charge in [-0.25, -0.2) is 0 Å². The molecule has 0 aliphatic rings. The maximum atomic E-state index is 10.8. The van der Waals surface area contributed by atoms with Crippen molar-refractivity contribution in [2.24, 2.45) is 22.2 Å². The van der Waals surface area contributed by atoms with Crippen molar-refractivity contribution in [1.29, 1.82) is 0 Å². The lowest BCUT2D eigenvalue weighted by Crippen LogP contribution is -2.28. The third kappa shape index (κ3) is 3.47. The number of nitrogens with zero attached hydrogens (tertiary/aromatic N) is 1. The Morgan fingerprint density at radius 2 is 1.86 bits per heavy atom. The number of primary amides is 1. The molecule has 14 heavy (non-hydrogen) atoms. The van der Waals surface area contributed by atoms with Crippen LogP contribution in [-0.4, -0.2) is 17.8 Å². The number of hydrogen-bond donors (Lipinski definition) is 3. The van der Waals surface area contributed by atoms with Gasteiger partial charge in [-0.1, -0.05) is 13.8 Å². The van der Waals surface area contributed by atoms with Gasteiger partial charge in [-0.3, -0.25) is 9.79 Å². The molecule has 0 aliphatic heterocycles. The standard InChI is InChI=1S/C9H18N4O/c1-3-6(4-2)13-8(11)7(5-10)9(12)14/h5-6H,3-4,10H2,1-2H3,(H2,11,13)(H2,12,14). The zero-order valence-corrected chi connectivity index (χ0v) is 8.66. The van der Waals surface area contributed by atoms with Crippen molar-refractivity contribution in [3.63, 3.8) is 0 Å². The lowest BCUT2D eigenvalue weighted by atomic mass is 10.1. The maximum Gasteiger partial charge on any atom is 0.253 e. The van der Waals surface area contributed by atoms with E-state index in [1.54, 1.807) is 0 Å². The molecule has 0 saturated heterocycles. The predicted octanol–water partition coefficient (Wildman–Crippen LogP) is -0.140. The zero-order valence-electron chi connectivity index (χ0n) is 8.66. The van der Waals surface area contributed by atoms with E-state index < -0.39 is 5.91 Å². The van der Waals surface area contributed by atoms with Crippen LogP contribution in [0, 0.1) is 0 Å². The maximum absolute atomic E-state index is 10.8. The Hall–Kier alpha value is -1.52. The van der Waals surface area contributed by atoms with Crippen LogP contribution in [0.2, 0.25) is 0 Å². The van der Waals surface area contributed by atoms with E-state index in [-0.39, 0.29) is 17.5 Å². The van der Waals surface area contributed by atoms with Crippen LogP contribution >= 0.6 is 0 Å². The normalized spacial score (nSPS) is 13.4. The molecule has 0 spiro atoms. The van der Waals surface area contributed by atoms with Crippen LogP contribution in [0.1, 0.15) is 26.7 Å². The highest BCUT2D eigenvalue weighted by atomic mass is 16.1. The van der Waals surface area contributed by atoms with Crippen LogP contribution in [0.5, 0.6) is 0 Å². The molecule has 0 radical (unpaired) electrons. The first kappa shape index (κ1) is 12.5. The number of carbonyl (C=O) groups excluding carboxylic acids is 1. The fourth-order valence-corrected chi connectivity index (χ4v) is 1.03. The van der Waals surface area contributed by atoms with E-state index in [9.17, 15) is 4.79 Å². The Labute approximate surface area is 84.0 Å². The molecule has 6 N–H and O–H groups in total. The minimum Gasteiger partial charge on any atom is -0.404 e. The summed E-state index contributed by atoms with van der Waals surface area (Å²) in [6.07, 6.45) is 2.82. The van der Waals surface area contributed by atoms with Crippen molar-refractivity contribution < 1.29 is 4.79 Å². The number of carbonyl (C=O) groups is 1. The van der Waals surface area contributed by atoms with Gasteiger partial charge in [-0.05, 0) is 12.8 Å². The number of rotatable bonds is 5. The van der Waals surface area contributed by atoms with Gasteiger partial charge in [-0.15, -0.1) is 0 Å². The molecule has 0 aromatic carbocycles. The van der Waals surface area contributed by atoms with Gasteiger partial charge in [0.05, 0.1) is 11.6 Å². The number of amidine groups is 1. The van der Waals surface area contributed by atoms with E-state index >= 15 is 0 Å². The van der Waals surface area contributed by atoms with Crippen molar-refractivity contribution >= 4 is 11.7 Å². The summed E-state index contributed by atoms with van der Waals surface area (Å²) >= 11 is 0. The molecule has 0 rings (SSSR count). The fraction of sp³-hybridized carbons (Fsp3) is 0.556. The lowest BCUT2D eigenvalue weighted by molar-refractivity contribution is -0.114. The van der Waals surface area contributed by atoms with Crippen molar-refractivity contribution in [1.82, 2.24) is 0 Å². The lowest BCUT2D eigenvalue weighted by Gasteiger charge is -2.08. The molecule has 0 aliphatic carbocycles. The molecular formula is C9H18N4O. The van der Waals surface area contributed by atoms with E-state index in [1.165, 1.54) is 0 Å². The molecule has 0 fully saturated rings. The molecule has 0 aromatic rings. The number of aliphatic imine (C=N–C) groups is 1. The zero-order chi connectivity index (χ0) is 11.1. The van der Waals surface area contributed by atoms with Crippen LogP contribution in [0.4, 0.5) is 0 Å². The minimum absolute atomic E-state index is 0.0805. The van der Waals surface area contributed by atoms with E-state index in [1.807, 2.05) is 13.8 Å². The van der Waals surface area contributed by atoms with E-state index in [2.05, 4.69) is 4.99 Å². The first-order chi connectivity index (χ1) is 6.56. The van der Waals surface area contributed by atoms with Gasteiger partial charge in [0.1, 0.15) is 5.84 Å². The van der Waals surface area contributed by atoms with Crippen molar-refractivity contribution in [3.8, 4) is 0 Å². The Morgan fingerprint density at radius 3 is 2.14 bits per heavy atom. The second-order valence-corrected chi connectivity index (χ2v) is 2.93. The SMILES string of the molecule is CCC(CC)N=C(N)C(=CN)C(N)=O. The van der Waals surface area contributed by atoms with Gasteiger partial charge in [0.2, 0.25) is 0 Å². The molecule has 5 nitrogen and oxygen atoms in total. The minimum atomic E-state index is -0.653. The summed E-state index contributed by atoms with van der Waals surface area (Å²) in [5, 5.41) is 0. The van der Waals surface area contributed by atoms with E-state index in [0.29, 0.717) is 0 Å². The highest BCUT2D eigenvalue weighted by molar-refractivity contribution is 6.19. The number of amides is 1. The molecule has 0 unspecified atom stereocenters. The highest BCUT2D eigenvalue weighted by Gasteiger charge is 2.10. The first-order valence-corrected chi connectivity index (χ1v) is 4.62. The molecule has 0 atom stereocenters. The van der Waals surface area contributed by atoms with Gasteiger partial charge in [0.15, 0.2) is 0 Å². The molecule has 1 amide bonds. The van der Waals surface area contributed by atoms with Crippen LogP contribution in [0.3, 0.4) is 0 Å². The van der Waals surface area contributed by atoms with Gasteiger partial charge >= 0.3 is 0 Å². The summed E-state index contributed by atoms with van der Waals surface area (Å²) in [6, 6.07) is 0.115. The second-order valence-electron chi connectivity index (χ2n) is 2.93. The first-order valence-electron chi connectivity index (χ1n) is 4.62. The molecule has 0 heterocycles. The van der Waals surface area contributed by atoms with Gasteiger partial charge in [0, 0.05) is 6.20 Å². The van der Waals surface area contributed by atoms with Crippen molar-refractivity contribution in [3.05, 3.63) is 11.8 Å². The average Bonchev–Trinajstić information content (AvgIpc) is 2.14.